The van der Waals surface area contributed by atoms with E-state index in [4.69, 9.17) is 5.73 Å². The van der Waals surface area contributed by atoms with Crippen LogP contribution in [0.5, 0.6) is 0 Å². The predicted octanol–water partition coefficient (Wildman–Crippen LogP) is 14.3. The Balaban J connectivity index is 1.69. The zero-order valence-electron chi connectivity index (χ0n) is 33.2. The van der Waals surface area contributed by atoms with Crippen molar-refractivity contribution in [3.05, 3.63) is 94.0 Å². The van der Waals surface area contributed by atoms with Gasteiger partial charge in [0, 0.05) is 33.9 Å². The summed E-state index contributed by atoms with van der Waals surface area (Å²) >= 11 is 0. The van der Waals surface area contributed by atoms with Crippen LogP contribution in [0.3, 0.4) is 0 Å². The summed E-state index contributed by atoms with van der Waals surface area (Å²) < 4.78 is 2.63. The van der Waals surface area contributed by atoms with Crippen molar-refractivity contribution >= 4 is 21.8 Å². The molecule has 4 aromatic carbocycles. The van der Waals surface area contributed by atoms with E-state index in [0.717, 1.165) is 12.8 Å². The van der Waals surface area contributed by atoms with Crippen molar-refractivity contribution in [3.63, 3.8) is 0 Å². The Labute approximate surface area is 303 Å². The lowest BCUT2D eigenvalue weighted by Gasteiger charge is -2.31. The predicted molar refractivity (Wildman–Crippen MR) is 220 cm³/mol. The average Bonchev–Trinajstić information content (AvgIpc) is 3.39. The van der Waals surface area contributed by atoms with Crippen LogP contribution in [0.15, 0.2) is 60.7 Å². The van der Waals surface area contributed by atoms with Crippen LogP contribution in [0.2, 0.25) is 0 Å². The minimum Gasteiger partial charge on any atom is -0.336 e. The highest BCUT2D eigenvalue weighted by molar-refractivity contribution is 6.11. The molecule has 2 nitrogen and oxygen atoms in total. The van der Waals surface area contributed by atoms with E-state index in [2.05, 4.69) is 148 Å². The summed E-state index contributed by atoms with van der Waals surface area (Å²) in [5, 5.41) is 2.70. The number of benzene rings is 4. The second-order valence-corrected chi connectivity index (χ2v) is 17.4. The molecule has 1 aromatic heterocycles. The summed E-state index contributed by atoms with van der Waals surface area (Å²) in [6.45, 7) is 28.2. The number of fused-ring (bicyclic) bond motifs is 3. The Morgan fingerprint density at radius 2 is 0.840 bits per heavy atom. The van der Waals surface area contributed by atoms with Gasteiger partial charge in [0.2, 0.25) is 0 Å². The van der Waals surface area contributed by atoms with Gasteiger partial charge in [0.05, 0.1) is 0 Å². The second-order valence-electron chi connectivity index (χ2n) is 17.4. The largest absolute Gasteiger partial charge is 0.336 e. The van der Waals surface area contributed by atoms with E-state index in [-0.39, 0.29) is 6.04 Å². The molecule has 5 aromatic rings. The number of rotatable bonds is 9. The first-order chi connectivity index (χ1) is 23.7. The van der Waals surface area contributed by atoms with Gasteiger partial charge >= 0.3 is 0 Å². The first-order valence-corrected chi connectivity index (χ1v) is 19.9. The standard InChI is InChI=1S/C48H64N2/c1-27(2)35-23-37(29(5)6)47(38(24-35)30(7)8)33-17-19-44-41(21-33)42-22-34(18-20-45(42)50(44)46-16-14-13-15-43(46)49)48-39(31(9)10)25-36(28(3)4)26-40(48)32(11)12/h17-32,43,46H,13-16,49H2,1-12H3/t43-,46-/m1/s1. The molecule has 50 heavy (non-hydrogen) atoms. The first kappa shape index (κ1) is 36.4. The van der Waals surface area contributed by atoms with Crippen molar-refractivity contribution in [1.82, 2.24) is 4.57 Å². The summed E-state index contributed by atoms with van der Waals surface area (Å²) in [7, 11) is 0. The molecule has 1 heterocycles. The van der Waals surface area contributed by atoms with Crippen LogP contribution < -0.4 is 5.73 Å². The Kier molecular flexibility index (Phi) is 10.4. The lowest BCUT2D eigenvalue weighted by molar-refractivity contribution is 0.318. The molecule has 1 aliphatic carbocycles. The highest BCUT2D eigenvalue weighted by atomic mass is 15.0. The zero-order chi connectivity index (χ0) is 36.2. The van der Waals surface area contributed by atoms with Crippen molar-refractivity contribution in [2.24, 2.45) is 5.73 Å². The van der Waals surface area contributed by atoms with E-state index in [1.807, 2.05) is 0 Å². The molecule has 0 amide bonds. The lowest BCUT2D eigenvalue weighted by atomic mass is 9.81. The minimum absolute atomic E-state index is 0.175. The van der Waals surface area contributed by atoms with Crippen LogP contribution in [0.1, 0.15) is 184 Å². The number of hydrogen-bond acceptors (Lipinski definition) is 1. The molecule has 0 saturated heterocycles. The molecule has 0 spiro atoms. The monoisotopic (exact) mass is 669 g/mol. The van der Waals surface area contributed by atoms with Gasteiger partial charge in [-0.2, -0.15) is 0 Å². The van der Waals surface area contributed by atoms with Crippen LogP contribution in [0, 0.1) is 0 Å². The molecule has 0 bridgehead atoms. The van der Waals surface area contributed by atoms with Crippen molar-refractivity contribution in [3.8, 4) is 22.3 Å². The maximum Gasteiger partial charge on any atom is 0.0494 e. The molecule has 0 radical (unpaired) electrons. The fourth-order valence-electron chi connectivity index (χ4n) is 8.76. The van der Waals surface area contributed by atoms with E-state index in [9.17, 15) is 0 Å². The van der Waals surface area contributed by atoms with Crippen LogP contribution in [0.4, 0.5) is 0 Å². The molecule has 2 atom stereocenters. The smallest absolute Gasteiger partial charge is 0.0494 e. The normalized spacial score (nSPS) is 17.3. The van der Waals surface area contributed by atoms with Crippen LogP contribution >= 0.6 is 0 Å². The molecule has 2 N–H and O–H groups in total. The number of nitrogens with zero attached hydrogens (tertiary/aromatic N) is 1. The zero-order valence-corrected chi connectivity index (χ0v) is 33.2. The summed E-state index contributed by atoms with van der Waals surface area (Å²) in [5.41, 5.74) is 23.9. The molecule has 1 fully saturated rings. The fraction of sp³-hybridized carbons (Fsp3) is 0.500. The fourth-order valence-corrected chi connectivity index (χ4v) is 8.76. The lowest BCUT2D eigenvalue weighted by Crippen LogP contribution is -2.34. The molecule has 1 saturated carbocycles. The van der Waals surface area contributed by atoms with Gasteiger partial charge in [-0.05, 0) is 128 Å². The van der Waals surface area contributed by atoms with Gasteiger partial charge in [0.15, 0.2) is 0 Å². The first-order valence-electron chi connectivity index (χ1n) is 19.9. The van der Waals surface area contributed by atoms with Crippen LogP contribution in [-0.2, 0) is 0 Å². The Bertz CT molecular complexity index is 1810. The molecular formula is C48H64N2. The number of nitrogens with two attached hydrogens (primary N) is 1. The number of hydrogen-bond donors (Lipinski definition) is 1. The van der Waals surface area contributed by atoms with E-state index in [1.54, 1.807) is 0 Å². The highest BCUT2D eigenvalue weighted by Gasteiger charge is 2.28. The van der Waals surface area contributed by atoms with Crippen molar-refractivity contribution < 1.29 is 0 Å². The van der Waals surface area contributed by atoms with Gasteiger partial charge in [-0.3, -0.25) is 0 Å². The maximum atomic E-state index is 6.96. The van der Waals surface area contributed by atoms with Gasteiger partial charge < -0.3 is 10.3 Å². The third kappa shape index (κ3) is 6.58. The van der Waals surface area contributed by atoms with Gasteiger partial charge in [-0.1, -0.05) is 132 Å². The van der Waals surface area contributed by atoms with E-state index < -0.39 is 0 Å². The van der Waals surface area contributed by atoms with Gasteiger partial charge in [0.1, 0.15) is 0 Å². The highest BCUT2D eigenvalue weighted by Crippen LogP contribution is 2.45. The molecule has 0 unspecified atom stereocenters. The van der Waals surface area contributed by atoms with Gasteiger partial charge in [0.25, 0.3) is 0 Å². The molecule has 0 aliphatic heterocycles. The summed E-state index contributed by atoms with van der Waals surface area (Å²) in [5.74, 6) is 2.73. The van der Waals surface area contributed by atoms with Crippen LogP contribution in [-0.4, -0.2) is 10.6 Å². The summed E-state index contributed by atoms with van der Waals surface area (Å²) in [4.78, 5) is 0. The minimum atomic E-state index is 0.175. The SMILES string of the molecule is CC(C)c1cc(C(C)C)c(-c2ccc3c(c2)c2cc(-c4c(C(C)C)cc(C(C)C)cc4C(C)C)ccc2n3[C@@H]2CCCC[C@H]2N)c(C(C)C)c1. The van der Waals surface area contributed by atoms with Crippen LogP contribution in [0.25, 0.3) is 44.1 Å². The molecule has 1 aliphatic rings. The third-order valence-electron chi connectivity index (χ3n) is 11.8. The summed E-state index contributed by atoms with van der Waals surface area (Å²) in [6.07, 6.45) is 4.71. The van der Waals surface area contributed by atoms with E-state index >= 15 is 0 Å². The van der Waals surface area contributed by atoms with Gasteiger partial charge in [-0.25, -0.2) is 0 Å². The second kappa shape index (κ2) is 14.3. The van der Waals surface area contributed by atoms with Crippen molar-refractivity contribution in [1.29, 1.82) is 0 Å². The maximum absolute atomic E-state index is 6.96. The Morgan fingerprint density at radius 3 is 1.16 bits per heavy atom. The topological polar surface area (TPSA) is 30.9 Å². The van der Waals surface area contributed by atoms with E-state index in [0.29, 0.717) is 41.5 Å². The quantitative estimate of drug-likeness (QED) is 0.166. The van der Waals surface area contributed by atoms with E-state index in [1.165, 1.54) is 90.3 Å². The third-order valence-corrected chi connectivity index (χ3v) is 11.8. The molecule has 266 valence electrons. The molecular weight excluding hydrogens is 605 g/mol. The Morgan fingerprint density at radius 1 is 0.480 bits per heavy atom. The van der Waals surface area contributed by atoms with Gasteiger partial charge in [-0.15, -0.1) is 0 Å². The summed E-state index contributed by atoms with van der Waals surface area (Å²) in [6, 6.07) is 25.2. The number of aromatic nitrogens is 1. The van der Waals surface area contributed by atoms with Crippen molar-refractivity contribution in [2.45, 2.75) is 156 Å². The van der Waals surface area contributed by atoms with Crippen molar-refractivity contribution in [2.75, 3.05) is 0 Å². The Hall–Kier alpha value is -3.36. The molecule has 6 rings (SSSR count). The molecule has 2 heteroatoms. The average molecular weight is 669 g/mol.